The summed E-state index contributed by atoms with van der Waals surface area (Å²) in [6.07, 6.45) is 5.22. The maximum absolute atomic E-state index is 12.4. The van der Waals surface area contributed by atoms with E-state index in [1.807, 2.05) is 4.90 Å². The Bertz CT molecular complexity index is 583. The summed E-state index contributed by atoms with van der Waals surface area (Å²) in [7, 11) is 0. The fourth-order valence-corrected chi connectivity index (χ4v) is 3.30. The molecular formula is C15H22N4O2. The van der Waals surface area contributed by atoms with Crippen molar-refractivity contribution in [3.8, 4) is 0 Å². The van der Waals surface area contributed by atoms with Crippen molar-refractivity contribution >= 4 is 11.6 Å². The molecule has 1 aromatic rings. The molecule has 3 rings (SSSR count). The minimum absolute atomic E-state index is 0.00734. The number of pyridine rings is 1. The summed E-state index contributed by atoms with van der Waals surface area (Å²) in [4.78, 5) is 28.5. The Morgan fingerprint density at radius 3 is 2.95 bits per heavy atom. The molecule has 2 fully saturated rings. The van der Waals surface area contributed by atoms with Crippen LogP contribution in [-0.4, -0.2) is 52.5 Å². The molecule has 2 N–H and O–H groups in total. The van der Waals surface area contributed by atoms with Gasteiger partial charge in [0.15, 0.2) is 0 Å². The number of hydrogen-bond donors (Lipinski definition) is 1. The van der Waals surface area contributed by atoms with Crippen molar-refractivity contribution in [2.75, 3.05) is 31.9 Å². The third-order valence-electron chi connectivity index (χ3n) is 4.50. The lowest BCUT2D eigenvalue weighted by atomic mass is 9.99. The number of carbonyl (C=O) groups excluding carboxylic acids is 1. The van der Waals surface area contributed by atoms with Gasteiger partial charge in [0.1, 0.15) is 6.54 Å². The molecule has 2 aliphatic rings. The number of rotatable bonds is 2. The van der Waals surface area contributed by atoms with Crippen molar-refractivity contribution in [3.63, 3.8) is 0 Å². The molecule has 0 aliphatic carbocycles. The predicted molar refractivity (Wildman–Crippen MR) is 80.9 cm³/mol. The summed E-state index contributed by atoms with van der Waals surface area (Å²) in [5, 5.41) is 0. The van der Waals surface area contributed by atoms with E-state index < -0.39 is 0 Å². The van der Waals surface area contributed by atoms with Gasteiger partial charge in [-0.25, -0.2) is 0 Å². The predicted octanol–water partition coefficient (Wildman–Crippen LogP) is 0.127. The molecule has 0 aromatic carbocycles. The molecule has 1 atom stereocenters. The number of piperazine rings is 1. The second-order valence-electron chi connectivity index (χ2n) is 5.95. The number of amides is 1. The van der Waals surface area contributed by atoms with Crippen LogP contribution in [0.15, 0.2) is 23.1 Å². The number of aromatic nitrogens is 1. The number of fused-ring (bicyclic) bond motifs is 1. The summed E-state index contributed by atoms with van der Waals surface area (Å²) in [5.74, 6) is 0.00734. The first kappa shape index (κ1) is 14.1. The zero-order valence-corrected chi connectivity index (χ0v) is 12.2. The largest absolute Gasteiger partial charge is 0.398 e. The van der Waals surface area contributed by atoms with Gasteiger partial charge in [-0.05, 0) is 25.5 Å². The first-order valence-electron chi connectivity index (χ1n) is 7.61. The van der Waals surface area contributed by atoms with Crippen LogP contribution in [0.5, 0.6) is 0 Å². The Morgan fingerprint density at radius 2 is 2.10 bits per heavy atom. The molecule has 1 aromatic heterocycles. The maximum atomic E-state index is 12.4. The summed E-state index contributed by atoms with van der Waals surface area (Å²) in [6, 6.07) is 3.46. The molecular weight excluding hydrogens is 268 g/mol. The quantitative estimate of drug-likeness (QED) is 0.840. The molecule has 2 saturated heterocycles. The molecule has 114 valence electrons. The first-order chi connectivity index (χ1) is 10.1. The Balaban J connectivity index is 1.65. The van der Waals surface area contributed by atoms with Gasteiger partial charge in [0, 0.05) is 43.6 Å². The fourth-order valence-electron chi connectivity index (χ4n) is 3.30. The molecule has 6 nitrogen and oxygen atoms in total. The van der Waals surface area contributed by atoms with Gasteiger partial charge in [-0.15, -0.1) is 0 Å². The second-order valence-corrected chi connectivity index (χ2v) is 5.95. The van der Waals surface area contributed by atoms with Crippen LogP contribution in [-0.2, 0) is 11.3 Å². The highest BCUT2D eigenvalue weighted by Crippen LogP contribution is 2.21. The molecule has 0 bridgehead atoms. The van der Waals surface area contributed by atoms with E-state index in [1.54, 1.807) is 6.07 Å². The molecule has 2 aliphatic heterocycles. The molecule has 0 radical (unpaired) electrons. The van der Waals surface area contributed by atoms with Crippen LogP contribution >= 0.6 is 0 Å². The highest BCUT2D eigenvalue weighted by molar-refractivity contribution is 5.76. The Morgan fingerprint density at radius 1 is 1.24 bits per heavy atom. The summed E-state index contributed by atoms with van der Waals surface area (Å²) in [5.41, 5.74) is 5.99. The Labute approximate surface area is 124 Å². The number of anilines is 1. The van der Waals surface area contributed by atoms with Gasteiger partial charge in [0.25, 0.3) is 5.56 Å². The van der Waals surface area contributed by atoms with Crippen LogP contribution in [0, 0.1) is 0 Å². The van der Waals surface area contributed by atoms with Crippen LogP contribution in [0.4, 0.5) is 5.69 Å². The van der Waals surface area contributed by atoms with E-state index in [4.69, 9.17) is 5.73 Å². The van der Waals surface area contributed by atoms with Crippen molar-refractivity contribution in [3.05, 3.63) is 28.7 Å². The van der Waals surface area contributed by atoms with E-state index in [1.165, 1.54) is 36.1 Å². The average molecular weight is 290 g/mol. The van der Waals surface area contributed by atoms with E-state index in [2.05, 4.69) is 4.90 Å². The average Bonchev–Trinajstić information content (AvgIpc) is 2.50. The minimum atomic E-state index is -0.186. The van der Waals surface area contributed by atoms with Gasteiger partial charge in [0.05, 0.1) is 0 Å². The Hall–Kier alpha value is -1.82. The lowest BCUT2D eigenvalue weighted by Gasteiger charge is -2.44. The van der Waals surface area contributed by atoms with Crippen molar-refractivity contribution in [2.24, 2.45) is 0 Å². The minimum Gasteiger partial charge on any atom is -0.398 e. The highest BCUT2D eigenvalue weighted by Gasteiger charge is 2.30. The van der Waals surface area contributed by atoms with Crippen LogP contribution in [0.2, 0.25) is 0 Å². The van der Waals surface area contributed by atoms with Gasteiger partial charge in [-0.3, -0.25) is 14.5 Å². The van der Waals surface area contributed by atoms with Gasteiger partial charge in [-0.2, -0.15) is 0 Å². The highest BCUT2D eigenvalue weighted by atomic mass is 16.2. The topological polar surface area (TPSA) is 71.6 Å². The van der Waals surface area contributed by atoms with Crippen molar-refractivity contribution in [2.45, 2.75) is 31.8 Å². The fraction of sp³-hybridized carbons (Fsp3) is 0.600. The first-order valence-corrected chi connectivity index (χ1v) is 7.61. The van der Waals surface area contributed by atoms with E-state index in [-0.39, 0.29) is 18.0 Å². The lowest BCUT2D eigenvalue weighted by molar-refractivity contribution is -0.135. The van der Waals surface area contributed by atoms with Crippen LogP contribution < -0.4 is 11.3 Å². The molecule has 1 unspecified atom stereocenters. The van der Waals surface area contributed by atoms with Crippen molar-refractivity contribution < 1.29 is 4.79 Å². The number of piperidine rings is 1. The second kappa shape index (κ2) is 5.89. The van der Waals surface area contributed by atoms with Gasteiger partial charge in [0.2, 0.25) is 5.91 Å². The van der Waals surface area contributed by atoms with Crippen LogP contribution in [0.1, 0.15) is 19.3 Å². The number of hydrogen-bond acceptors (Lipinski definition) is 4. The van der Waals surface area contributed by atoms with Crippen LogP contribution in [0.3, 0.4) is 0 Å². The van der Waals surface area contributed by atoms with Crippen molar-refractivity contribution in [1.82, 2.24) is 14.4 Å². The standard InChI is InChI=1S/C15H22N4O2/c16-12-4-5-14(20)19(9-12)11-15(21)18-8-7-17-6-2-1-3-13(17)10-18/h4-5,9,13H,1-3,6-8,10-11,16H2. The maximum Gasteiger partial charge on any atom is 0.251 e. The molecule has 3 heterocycles. The zero-order valence-electron chi connectivity index (χ0n) is 12.2. The number of nitrogen functional groups attached to an aromatic ring is 1. The van der Waals surface area contributed by atoms with E-state index >= 15 is 0 Å². The molecule has 0 saturated carbocycles. The molecule has 21 heavy (non-hydrogen) atoms. The van der Waals surface area contributed by atoms with Gasteiger partial charge in [-0.1, -0.05) is 6.42 Å². The normalized spacial score (nSPS) is 22.9. The van der Waals surface area contributed by atoms with Crippen molar-refractivity contribution in [1.29, 1.82) is 0 Å². The van der Waals surface area contributed by atoms with E-state index in [0.29, 0.717) is 11.7 Å². The third-order valence-corrected chi connectivity index (χ3v) is 4.50. The van der Waals surface area contributed by atoms with Crippen LogP contribution in [0.25, 0.3) is 0 Å². The molecule has 6 heteroatoms. The number of carbonyl (C=O) groups is 1. The smallest absolute Gasteiger partial charge is 0.251 e. The van der Waals surface area contributed by atoms with E-state index in [0.717, 1.165) is 26.2 Å². The van der Waals surface area contributed by atoms with E-state index in [9.17, 15) is 9.59 Å². The summed E-state index contributed by atoms with van der Waals surface area (Å²) < 4.78 is 1.39. The molecule has 0 spiro atoms. The number of nitrogens with zero attached hydrogens (tertiary/aromatic N) is 3. The zero-order chi connectivity index (χ0) is 14.8. The summed E-state index contributed by atoms with van der Waals surface area (Å²) >= 11 is 0. The van der Waals surface area contributed by atoms with Gasteiger partial charge < -0.3 is 15.2 Å². The summed E-state index contributed by atoms with van der Waals surface area (Å²) in [6.45, 7) is 3.72. The van der Waals surface area contributed by atoms with Gasteiger partial charge >= 0.3 is 0 Å². The Kier molecular flexibility index (Phi) is 3.96. The molecule has 1 amide bonds. The SMILES string of the molecule is Nc1ccc(=O)n(CC(=O)N2CCN3CCCCC3C2)c1. The third kappa shape index (κ3) is 3.10. The number of nitrogens with two attached hydrogens (primary N) is 1. The monoisotopic (exact) mass is 290 g/mol. The lowest BCUT2D eigenvalue weighted by Crippen LogP contribution is -2.56.